The van der Waals surface area contributed by atoms with Crippen molar-refractivity contribution < 1.29 is 5.11 Å². The number of hydrogen-bond acceptors (Lipinski definition) is 4. The van der Waals surface area contributed by atoms with E-state index in [1.165, 1.54) is 0 Å². The average Bonchev–Trinajstić information content (AvgIpc) is 2.62. The number of nitrogens with one attached hydrogen (secondary N) is 1. The summed E-state index contributed by atoms with van der Waals surface area (Å²) in [5.74, 6) is 0.779. The van der Waals surface area contributed by atoms with Gasteiger partial charge in [0.1, 0.15) is 5.69 Å². The first-order chi connectivity index (χ1) is 12.5. The largest absolute Gasteiger partial charge is 0.390 e. The van der Waals surface area contributed by atoms with Gasteiger partial charge in [-0.3, -0.25) is 0 Å². The molecule has 2 aromatic carbocycles. The minimum atomic E-state index is -0.609. The van der Waals surface area contributed by atoms with Gasteiger partial charge in [0.2, 0.25) is 0 Å². The van der Waals surface area contributed by atoms with Crippen LogP contribution in [0, 0.1) is 0 Å². The summed E-state index contributed by atoms with van der Waals surface area (Å²) in [5, 5.41) is 25.6. The van der Waals surface area contributed by atoms with Crippen LogP contribution in [0.2, 0.25) is 5.02 Å². The van der Waals surface area contributed by atoms with Crippen LogP contribution in [0.25, 0.3) is 22.0 Å². The lowest BCUT2D eigenvalue weighted by atomic mass is 9.83. The highest BCUT2D eigenvalue weighted by molar-refractivity contribution is 6.30. The Labute approximate surface area is 158 Å². The second kappa shape index (κ2) is 6.86. The Kier molecular flexibility index (Phi) is 4.55. The maximum Gasteiger partial charge on any atom is 0.156 e. The Morgan fingerprint density at radius 1 is 1.08 bits per heavy atom. The molecule has 3 aromatic rings. The molecule has 0 saturated heterocycles. The minimum Gasteiger partial charge on any atom is -0.390 e. The van der Waals surface area contributed by atoms with E-state index in [9.17, 15) is 5.11 Å². The lowest BCUT2D eigenvalue weighted by molar-refractivity contribution is 0.0182. The SMILES string of the molecule is CC1(O)CCCC(Nc2nnc(-c3ccc(Cl)cc3)c3ccccc23)C1. The van der Waals surface area contributed by atoms with Crippen molar-refractivity contribution in [3.05, 3.63) is 53.6 Å². The normalized spacial score (nSPS) is 23.1. The second-order valence-corrected chi connectivity index (χ2v) is 7.82. The summed E-state index contributed by atoms with van der Waals surface area (Å²) in [6.45, 7) is 1.91. The van der Waals surface area contributed by atoms with Crippen molar-refractivity contribution in [2.75, 3.05) is 5.32 Å². The lowest BCUT2D eigenvalue weighted by Gasteiger charge is -2.34. The Morgan fingerprint density at radius 2 is 1.81 bits per heavy atom. The molecular weight excluding hydrogens is 346 g/mol. The topological polar surface area (TPSA) is 58.0 Å². The molecule has 1 aliphatic rings. The van der Waals surface area contributed by atoms with Crippen molar-refractivity contribution in [2.45, 2.75) is 44.2 Å². The summed E-state index contributed by atoms with van der Waals surface area (Å²) < 4.78 is 0. The quantitative estimate of drug-likeness (QED) is 0.679. The molecule has 1 heterocycles. The summed E-state index contributed by atoms with van der Waals surface area (Å²) in [6.07, 6.45) is 3.62. The molecular formula is C21H22ClN3O. The average molecular weight is 368 g/mol. The third-order valence-electron chi connectivity index (χ3n) is 5.10. The number of anilines is 1. The molecule has 5 heteroatoms. The predicted molar refractivity (Wildman–Crippen MR) is 106 cm³/mol. The molecule has 0 aliphatic heterocycles. The lowest BCUT2D eigenvalue weighted by Crippen LogP contribution is -2.38. The Balaban J connectivity index is 1.71. The predicted octanol–water partition coefficient (Wildman–Crippen LogP) is 5.06. The van der Waals surface area contributed by atoms with Gasteiger partial charge in [0.05, 0.1) is 5.60 Å². The van der Waals surface area contributed by atoms with Crippen LogP contribution in [0.15, 0.2) is 48.5 Å². The molecule has 0 spiro atoms. The van der Waals surface area contributed by atoms with Crippen LogP contribution < -0.4 is 5.32 Å². The molecule has 2 N–H and O–H groups in total. The molecule has 0 amide bonds. The molecule has 134 valence electrons. The fourth-order valence-electron chi connectivity index (χ4n) is 3.81. The van der Waals surface area contributed by atoms with Gasteiger partial charge in [0, 0.05) is 27.4 Å². The van der Waals surface area contributed by atoms with Crippen LogP contribution >= 0.6 is 11.6 Å². The summed E-state index contributed by atoms with van der Waals surface area (Å²) in [7, 11) is 0. The number of rotatable bonds is 3. The van der Waals surface area contributed by atoms with E-state index in [1.807, 2.05) is 43.3 Å². The van der Waals surface area contributed by atoms with E-state index < -0.39 is 5.60 Å². The maximum atomic E-state index is 10.4. The van der Waals surface area contributed by atoms with E-state index in [-0.39, 0.29) is 6.04 Å². The molecule has 4 nitrogen and oxygen atoms in total. The van der Waals surface area contributed by atoms with E-state index in [1.54, 1.807) is 0 Å². The fourth-order valence-corrected chi connectivity index (χ4v) is 3.94. The van der Waals surface area contributed by atoms with Crippen LogP contribution in [0.5, 0.6) is 0 Å². The van der Waals surface area contributed by atoms with E-state index in [2.05, 4.69) is 27.6 Å². The number of nitrogens with zero attached hydrogens (tertiary/aromatic N) is 2. The number of fused-ring (bicyclic) bond motifs is 1. The molecule has 1 fully saturated rings. The zero-order valence-corrected chi connectivity index (χ0v) is 15.5. The van der Waals surface area contributed by atoms with E-state index in [0.717, 1.165) is 53.5 Å². The molecule has 26 heavy (non-hydrogen) atoms. The van der Waals surface area contributed by atoms with Crippen LogP contribution in [0.1, 0.15) is 32.6 Å². The van der Waals surface area contributed by atoms with Crippen LogP contribution in [-0.2, 0) is 0 Å². The summed E-state index contributed by atoms with van der Waals surface area (Å²) >= 11 is 6.01. The number of benzene rings is 2. The zero-order chi connectivity index (χ0) is 18.1. The molecule has 2 atom stereocenters. The highest BCUT2D eigenvalue weighted by Crippen LogP contribution is 2.33. The highest BCUT2D eigenvalue weighted by atomic mass is 35.5. The fraction of sp³-hybridized carbons (Fsp3) is 0.333. The molecule has 1 aliphatic carbocycles. The van der Waals surface area contributed by atoms with Gasteiger partial charge >= 0.3 is 0 Å². The van der Waals surface area contributed by atoms with Gasteiger partial charge in [-0.2, -0.15) is 0 Å². The summed E-state index contributed by atoms with van der Waals surface area (Å²) in [4.78, 5) is 0. The van der Waals surface area contributed by atoms with Gasteiger partial charge in [-0.25, -0.2) is 0 Å². The summed E-state index contributed by atoms with van der Waals surface area (Å²) in [5.41, 5.74) is 1.23. The van der Waals surface area contributed by atoms with E-state index >= 15 is 0 Å². The summed E-state index contributed by atoms with van der Waals surface area (Å²) in [6, 6.07) is 16.0. The van der Waals surface area contributed by atoms with Gasteiger partial charge in [-0.05, 0) is 44.7 Å². The van der Waals surface area contributed by atoms with Crippen molar-refractivity contribution in [1.82, 2.24) is 10.2 Å². The van der Waals surface area contributed by atoms with Gasteiger partial charge in [-0.15, -0.1) is 10.2 Å². The number of aromatic nitrogens is 2. The minimum absolute atomic E-state index is 0.206. The highest BCUT2D eigenvalue weighted by Gasteiger charge is 2.30. The third-order valence-corrected chi connectivity index (χ3v) is 5.35. The number of halogens is 1. The Morgan fingerprint density at radius 3 is 2.54 bits per heavy atom. The molecule has 4 rings (SSSR count). The zero-order valence-electron chi connectivity index (χ0n) is 14.7. The molecule has 1 aromatic heterocycles. The third kappa shape index (κ3) is 3.53. The van der Waals surface area contributed by atoms with Crippen LogP contribution in [-0.4, -0.2) is 26.9 Å². The molecule has 1 saturated carbocycles. The first-order valence-electron chi connectivity index (χ1n) is 9.02. The van der Waals surface area contributed by atoms with Gasteiger partial charge < -0.3 is 10.4 Å². The first-order valence-corrected chi connectivity index (χ1v) is 9.40. The number of aliphatic hydroxyl groups is 1. The van der Waals surface area contributed by atoms with Crippen molar-refractivity contribution >= 4 is 28.2 Å². The van der Waals surface area contributed by atoms with Crippen molar-refractivity contribution in [3.8, 4) is 11.3 Å². The van der Waals surface area contributed by atoms with Crippen LogP contribution in [0.4, 0.5) is 5.82 Å². The van der Waals surface area contributed by atoms with E-state index in [4.69, 9.17) is 11.6 Å². The van der Waals surface area contributed by atoms with E-state index in [0.29, 0.717) is 5.02 Å². The van der Waals surface area contributed by atoms with Crippen molar-refractivity contribution in [2.24, 2.45) is 0 Å². The van der Waals surface area contributed by atoms with Crippen LogP contribution in [0.3, 0.4) is 0 Å². The standard InChI is InChI=1S/C21H22ClN3O/c1-21(26)12-4-5-16(13-21)23-20-18-7-3-2-6-17(18)19(24-25-20)14-8-10-15(22)11-9-14/h2-3,6-11,16,26H,4-5,12-13H2,1H3,(H,23,25). The van der Waals surface area contributed by atoms with Crippen molar-refractivity contribution in [3.63, 3.8) is 0 Å². The maximum absolute atomic E-state index is 10.4. The smallest absolute Gasteiger partial charge is 0.156 e. The van der Waals surface area contributed by atoms with Gasteiger partial charge in [0.25, 0.3) is 0 Å². The van der Waals surface area contributed by atoms with Crippen molar-refractivity contribution in [1.29, 1.82) is 0 Å². The molecule has 0 radical (unpaired) electrons. The van der Waals surface area contributed by atoms with Gasteiger partial charge in [0.15, 0.2) is 5.82 Å². The number of hydrogen-bond donors (Lipinski definition) is 2. The first kappa shape index (κ1) is 17.3. The van der Waals surface area contributed by atoms with Gasteiger partial charge in [-0.1, -0.05) is 48.0 Å². The Hall–Kier alpha value is -2.17. The second-order valence-electron chi connectivity index (χ2n) is 7.38. The molecule has 2 unspecified atom stereocenters. The monoisotopic (exact) mass is 367 g/mol. The Bertz CT molecular complexity index is 924. The molecule has 0 bridgehead atoms.